The van der Waals surface area contributed by atoms with Crippen LogP contribution >= 0.6 is 0 Å². The van der Waals surface area contributed by atoms with E-state index in [1.165, 1.54) is 48.5 Å². The molecule has 1 heterocycles. The van der Waals surface area contributed by atoms with Crippen molar-refractivity contribution in [3.05, 3.63) is 128 Å². The number of para-hydroxylation sites is 3. The average Bonchev–Trinajstić information content (AvgIpc) is 3.00. The molecule has 0 aliphatic heterocycles. The Hall–Kier alpha value is -5.92. The smallest absolute Gasteiger partial charge is 0.416 e. The van der Waals surface area contributed by atoms with Crippen molar-refractivity contribution in [2.45, 2.75) is 6.18 Å². The lowest BCUT2D eigenvalue weighted by Gasteiger charge is -2.13. The first-order valence-electron chi connectivity index (χ1n) is 12.7. The fraction of sp³-hybridized carbons (Fsp3) is 0.0667. The highest BCUT2D eigenvalue weighted by atomic mass is 19.4. The van der Waals surface area contributed by atoms with E-state index < -0.39 is 52.0 Å². The third-order valence-electron chi connectivity index (χ3n) is 6.23. The largest absolute Gasteiger partial charge is 0.476 e. The summed E-state index contributed by atoms with van der Waals surface area (Å²) in [6.07, 6.45) is -3.65. The van der Waals surface area contributed by atoms with Crippen molar-refractivity contribution in [1.82, 2.24) is 9.66 Å². The first-order valence-corrected chi connectivity index (χ1v) is 12.7. The number of amides is 1. The maximum Gasteiger partial charge on any atom is 0.416 e. The molecular formula is C30H19F4N5O5. The number of rotatable bonds is 8. The number of nitro benzene ring substituents is 1. The maximum absolute atomic E-state index is 13.9. The molecule has 5 aromatic rings. The molecule has 0 fully saturated rings. The summed E-state index contributed by atoms with van der Waals surface area (Å²) in [5.41, 5.74) is -2.29. The number of hydrogen-bond acceptors (Lipinski definition) is 7. The van der Waals surface area contributed by atoms with E-state index in [-0.39, 0.29) is 33.5 Å². The predicted octanol–water partition coefficient (Wildman–Crippen LogP) is 6.03. The minimum Gasteiger partial charge on any atom is -0.476 e. The summed E-state index contributed by atoms with van der Waals surface area (Å²) in [4.78, 5) is 41.3. The molecular weight excluding hydrogens is 586 g/mol. The minimum absolute atomic E-state index is 0.0482. The van der Waals surface area contributed by atoms with Gasteiger partial charge in [0, 0.05) is 17.2 Å². The van der Waals surface area contributed by atoms with Crippen molar-refractivity contribution in [2.75, 3.05) is 11.9 Å². The third-order valence-corrected chi connectivity index (χ3v) is 6.23. The molecule has 0 saturated carbocycles. The van der Waals surface area contributed by atoms with Crippen LogP contribution in [0.4, 0.5) is 28.9 Å². The Morgan fingerprint density at radius 3 is 2.50 bits per heavy atom. The Kier molecular flexibility index (Phi) is 8.15. The Morgan fingerprint density at radius 2 is 1.75 bits per heavy atom. The van der Waals surface area contributed by atoms with Crippen LogP contribution in [0.15, 0.2) is 101 Å². The monoisotopic (exact) mass is 605 g/mol. The lowest BCUT2D eigenvalue weighted by atomic mass is 10.1. The van der Waals surface area contributed by atoms with E-state index in [0.29, 0.717) is 0 Å². The van der Waals surface area contributed by atoms with Gasteiger partial charge in [0.2, 0.25) is 5.75 Å². The number of halogens is 4. The highest BCUT2D eigenvalue weighted by molar-refractivity contribution is 5.92. The third kappa shape index (κ3) is 6.28. The van der Waals surface area contributed by atoms with E-state index in [1.807, 2.05) is 0 Å². The molecule has 1 amide bonds. The van der Waals surface area contributed by atoms with Crippen molar-refractivity contribution in [3.63, 3.8) is 0 Å². The van der Waals surface area contributed by atoms with Crippen LogP contribution in [0.3, 0.4) is 0 Å². The van der Waals surface area contributed by atoms with Gasteiger partial charge in [0.05, 0.1) is 33.3 Å². The quantitative estimate of drug-likeness (QED) is 0.0996. The second-order valence-corrected chi connectivity index (χ2v) is 9.16. The number of benzene rings is 4. The second-order valence-electron chi connectivity index (χ2n) is 9.16. The van der Waals surface area contributed by atoms with E-state index in [0.717, 1.165) is 41.2 Å². The number of alkyl halides is 3. The molecule has 4 aromatic carbocycles. The Bertz CT molecular complexity index is 1990. The van der Waals surface area contributed by atoms with Gasteiger partial charge in [-0.05, 0) is 42.5 Å². The molecule has 1 aromatic heterocycles. The SMILES string of the molecule is O=C(COc1c(C=Nn2c(-c3cccc(C(F)(F)F)c3)nc3ccccc3c2=O)cccc1[N+](=O)[O-])Nc1ccccc1F. The van der Waals surface area contributed by atoms with E-state index >= 15 is 0 Å². The van der Waals surface area contributed by atoms with Crippen molar-refractivity contribution in [3.8, 4) is 17.1 Å². The van der Waals surface area contributed by atoms with Crippen molar-refractivity contribution in [2.24, 2.45) is 5.10 Å². The van der Waals surface area contributed by atoms with Gasteiger partial charge in [-0.25, -0.2) is 9.37 Å². The first-order chi connectivity index (χ1) is 21.0. The van der Waals surface area contributed by atoms with Crippen LogP contribution < -0.4 is 15.6 Å². The molecule has 0 spiro atoms. The van der Waals surface area contributed by atoms with Gasteiger partial charge in [-0.2, -0.15) is 22.9 Å². The molecule has 0 saturated heterocycles. The van der Waals surface area contributed by atoms with Crippen LogP contribution in [0.25, 0.3) is 22.3 Å². The molecule has 0 unspecified atom stereocenters. The number of carbonyl (C=O) groups is 1. The standard InChI is InChI=1S/C30H19F4N5O5/c31-22-11-2-4-13-24(22)36-26(40)17-44-27-19(8-6-14-25(27)39(42)43)16-35-38-28(18-7-5-9-20(15-18)30(32,33)34)37-23-12-3-1-10-21(23)29(38)41/h1-16H,17H2,(H,36,40). The number of carbonyl (C=O) groups excluding carboxylic acids is 1. The number of nitro groups is 1. The molecule has 0 bridgehead atoms. The van der Waals surface area contributed by atoms with Crippen LogP contribution in [0.2, 0.25) is 0 Å². The highest BCUT2D eigenvalue weighted by Gasteiger charge is 2.31. The number of nitrogens with one attached hydrogen (secondary N) is 1. The van der Waals surface area contributed by atoms with Gasteiger partial charge in [-0.15, -0.1) is 0 Å². The normalized spacial score (nSPS) is 11.5. The molecule has 14 heteroatoms. The van der Waals surface area contributed by atoms with Gasteiger partial charge in [0.1, 0.15) is 5.82 Å². The van der Waals surface area contributed by atoms with E-state index in [9.17, 15) is 37.3 Å². The molecule has 222 valence electrons. The van der Waals surface area contributed by atoms with Crippen LogP contribution in [-0.4, -0.2) is 33.3 Å². The molecule has 5 rings (SSSR count). The minimum atomic E-state index is -4.67. The molecule has 44 heavy (non-hydrogen) atoms. The molecule has 0 atom stereocenters. The van der Waals surface area contributed by atoms with Crippen molar-refractivity contribution in [1.29, 1.82) is 0 Å². The van der Waals surface area contributed by atoms with Gasteiger partial charge < -0.3 is 10.1 Å². The van der Waals surface area contributed by atoms with Crippen LogP contribution in [0.5, 0.6) is 5.75 Å². The Morgan fingerprint density at radius 1 is 1.02 bits per heavy atom. The zero-order chi connectivity index (χ0) is 31.4. The fourth-order valence-electron chi connectivity index (χ4n) is 4.20. The van der Waals surface area contributed by atoms with Gasteiger partial charge in [-0.1, -0.05) is 42.5 Å². The van der Waals surface area contributed by atoms with Crippen molar-refractivity contribution < 1.29 is 32.0 Å². The Balaban J connectivity index is 1.56. The maximum atomic E-state index is 13.9. The lowest BCUT2D eigenvalue weighted by Crippen LogP contribution is -2.22. The number of anilines is 1. The van der Waals surface area contributed by atoms with Crippen LogP contribution in [0, 0.1) is 15.9 Å². The van der Waals surface area contributed by atoms with E-state index in [1.54, 1.807) is 12.1 Å². The van der Waals surface area contributed by atoms with Gasteiger partial charge >= 0.3 is 11.9 Å². The first kappa shape index (κ1) is 29.6. The van der Waals surface area contributed by atoms with Gasteiger partial charge in [0.15, 0.2) is 12.4 Å². The van der Waals surface area contributed by atoms with Gasteiger partial charge in [-0.3, -0.25) is 19.7 Å². The second kappa shape index (κ2) is 12.1. The summed E-state index contributed by atoms with van der Waals surface area (Å²) >= 11 is 0. The van der Waals surface area contributed by atoms with E-state index in [4.69, 9.17) is 4.74 Å². The summed E-state index contributed by atoms with van der Waals surface area (Å²) < 4.78 is 60.6. The number of aromatic nitrogens is 2. The molecule has 1 N–H and O–H groups in total. The molecule has 0 aliphatic rings. The van der Waals surface area contributed by atoms with Crippen LogP contribution in [-0.2, 0) is 11.0 Å². The van der Waals surface area contributed by atoms with Gasteiger partial charge in [0.25, 0.3) is 11.5 Å². The molecule has 10 nitrogen and oxygen atoms in total. The highest BCUT2D eigenvalue weighted by Crippen LogP contribution is 2.33. The molecule has 0 aliphatic carbocycles. The zero-order valence-electron chi connectivity index (χ0n) is 22.3. The number of ether oxygens (including phenoxy) is 1. The predicted molar refractivity (Wildman–Crippen MR) is 153 cm³/mol. The average molecular weight is 606 g/mol. The topological polar surface area (TPSA) is 129 Å². The Labute approximate surface area is 245 Å². The van der Waals surface area contributed by atoms with Crippen molar-refractivity contribution >= 4 is 34.4 Å². The summed E-state index contributed by atoms with van der Waals surface area (Å²) in [5, 5.41) is 18.3. The summed E-state index contributed by atoms with van der Waals surface area (Å²) in [7, 11) is 0. The van der Waals surface area contributed by atoms with Crippen LogP contribution in [0.1, 0.15) is 11.1 Å². The zero-order valence-corrected chi connectivity index (χ0v) is 22.3. The number of hydrogen-bond donors (Lipinski definition) is 1. The lowest BCUT2D eigenvalue weighted by molar-refractivity contribution is -0.385. The number of nitrogens with zero attached hydrogens (tertiary/aromatic N) is 4. The summed E-state index contributed by atoms with van der Waals surface area (Å²) in [6, 6.07) is 19.5. The number of fused-ring (bicyclic) bond motifs is 1. The van der Waals surface area contributed by atoms with E-state index in [2.05, 4.69) is 15.4 Å². The fourth-order valence-corrected chi connectivity index (χ4v) is 4.20. The summed E-state index contributed by atoms with van der Waals surface area (Å²) in [5.74, 6) is -2.15. The molecule has 0 radical (unpaired) electrons. The summed E-state index contributed by atoms with van der Waals surface area (Å²) in [6.45, 7) is -0.757.